The van der Waals surface area contributed by atoms with E-state index in [2.05, 4.69) is 67.1 Å². The van der Waals surface area contributed by atoms with Gasteiger partial charge in [0, 0.05) is 19.5 Å². The Morgan fingerprint density at radius 1 is 1.00 bits per heavy atom. The Hall–Kier alpha value is -2.13. The Kier molecular flexibility index (Phi) is 4.49. The van der Waals surface area contributed by atoms with Crippen molar-refractivity contribution in [3.63, 3.8) is 0 Å². The van der Waals surface area contributed by atoms with Crippen LogP contribution in [0, 0.1) is 20.8 Å². The molecule has 0 aliphatic heterocycles. The second kappa shape index (κ2) is 6.55. The van der Waals surface area contributed by atoms with Gasteiger partial charge in [0.2, 0.25) is 0 Å². The number of rotatable bonds is 5. The lowest BCUT2D eigenvalue weighted by atomic mass is 10.1. The van der Waals surface area contributed by atoms with Crippen molar-refractivity contribution in [2.75, 3.05) is 13.6 Å². The second-order valence-corrected chi connectivity index (χ2v) is 6.32. The Balaban J connectivity index is 2.11. The minimum Gasteiger partial charge on any atom is -0.323 e. The van der Waals surface area contributed by atoms with Gasteiger partial charge in [0.1, 0.15) is 5.82 Å². The van der Waals surface area contributed by atoms with Gasteiger partial charge in [-0.3, -0.25) is 0 Å². The van der Waals surface area contributed by atoms with Crippen molar-refractivity contribution in [1.82, 2.24) is 14.9 Å². The molecule has 1 N–H and O–H groups in total. The van der Waals surface area contributed by atoms with Crippen LogP contribution in [-0.2, 0) is 13.0 Å². The van der Waals surface area contributed by atoms with Gasteiger partial charge in [0.25, 0.3) is 0 Å². The third-order valence-corrected chi connectivity index (χ3v) is 4.63. The maximum absolute atomic E-state index is 4.90. The van der Waals surface area contributed by atoms with Gasteiger partial charge in [-0.1, -0.05) is 24.3 Å². The smallest absolute Gasteiger partial charge is 0.111 e. The largest absolute Gasteiger partial charge is 0.323 e. The summed E-state index contributed by atoms with van der Waals surface area (Å²) in [6.45, 7) is 8.33. The van der Waals surface area contributed by atoms with E-state index in [9.17, 15) is 0 Å². The number of hydrogen-bond acceptors (Lipinski definition) is 2. The maximum Gasteiger partial charge on any atom is 0.111 e. The van der Waals surface area contributed by atoms with Crippen molar-refractivity contribution in [2.45, 2.75) is 33.7 Å². The number of hydrogen-bond donors (Lipinski definition) is 1. The molecule has 0 amide bonds. The highest BCUT2D eigenvalue weighted by Gasteiger charge is 2.13. The first kappa shape index (κ1) is 15.8. The molecule has 0 radical (unpaired) electrons. The van der Waals surface area contributed by atoms with Gasteiger partial charge >= 0.3 is 0 Å². The van der Waals surface area contributed by atoms with E-state index in [1.54, 1.807) is 0 Å². The molecule has 2 aromatic carbocycles. The summed E-state index contributed by atoms with van der Waals surface area (Å²) in [6.07, 6.45) is 0.940. The van der Waals surface area contributed by atoms with E-state index in [0.29, 0.717) is 0 Å². The third-order valence-electron chi connectivity index (χ3n) is 4.63. The molecule has 3 aromatic rings. The van der Waals surface area contributed by atoms with Crippen LogP contribution < -0.4 is 5.32 Å². The number of imidazole rings is 1. The first-order valence-corrected chi connectivity index (χ1v) is 8.25. The zero-order chi connectivity index (χ0) is 16.4. The first-order chi connectivity index (χ1) is 11.1. The molecule has 3 rings (SSSR count). The summed E-state index contributed by atoms with van der Waals surface area (Å²) in [4.78, 5) is 4.90. The van der Waals surface area contributed by atoms with Crippen LogP contribution in [0.4, 0.5) is 0 Å². The molecule has 23 heavy (non-hydrogen) atoms. The Labute approximate surface area is 138 Å². The van der Waals surface area contributed by atoms with Crippen molar-refractivity contribution in [1.29, 1.82) is 0 Å². The average Bonchev–Trinajstić information content (AvgIpc) is 2.85. The predicted molar refractivity (Wildman–Crippen MR) is 97.1 cm³/mol. The number of aromatic nitrogens is 2. The average molecular weight is 307 g/mol. The molecule has 3 nitrogen and oxygen atoms in total. The van der Waals surface area contributed by atoms with Gasteiger partial charge in [0.05, 0.1) is 11.0 Å². The van der Waals surface area contributed by atoms with Gasteiger partial charge in [-0.05, 0) is 62.2 Å². The van der Waals surface area contributed by atoms with Crippen LogP contribution in [0.2, 0.25) is 0 Å². The Morgan fingerprint density at radius 3 is 2.48 bits per heavy atom. The minimum absolute atomic E-state index is 0.880. The SMILES string of the molecule is CNCCc1nc2cc(C)c(C)cc2n1Cc1ccccc1C. The van der Waals surface area contributed by atoms with Gasteiger partial charge in [-0.25, -0.2) is 4.98 Å². The highest BCUT2D eigenvalue weighted by molar-refractivity contribution is 5.78. The van der Waals surface area contributed by atoms with Crippen LogP contribution in [0.25, 0.3) is 11.0 Å². The van der Waals surface area contributed by atoms with E-state index in [0.717, 1.165) is 30.9 Å². The van der Waals surface area contributed by atoms with Gasteiger partial charge in [-0.15, -0.1) is 0 Å². The van der Waals surface area contributed by atoms with Crippen LogP contribution in [0.5, 0.6) is 0 Å². The van der Waals surface area contributed by atoms with E-state index >= 15 is 0 Å². The molecule has 0 bridgehead atoms. The zero-order valence-corrected chi connectivity index (χ0v) is 14.5. The summed E-state index contributed by atoms with van der Waals surface area (Å²) in [5, 5.41) is 3.23. The number of aryl methyl sites for hydroxylation is 3. The Bertz CT molecular complexity index is 830. The molecule has 1 aromatic heterocycles. The summed E-state index contributed by atoms with van der Waals surface area (Å²) in [5.74, 6) is 1.16. The van der Waals surface area contributed by atoms with E-state index in [4.69, 9.17) is 4.98 Å². The molecule has 0 aliphatic rings. The van der Waals surface area contributed by atoms with E-state index in [1.807, 2.05) is 7.05 Å². The monoisotopic (exact) mass is 307 g/mol. The van der Waals surface area contributed by atoms with Crippen molar-refractivity contribution in [3.8, 4) is 0 Å². The molecular formula is C20H25N3. The summed E-state index contributed by atoms with van der Waals surface area (Å²) in [7, 11) is 1.99. The van der Waals surface area contributed by atoms with Crippen molar-refractivity contribution in [2.24, 2.45) is 0 Å². The Morgan fingerprint density at radius 2 is 1.74 bits per heavy atom. The highest BCUT2D eigenvalue weighted by Crippen LogP contribution is 2.23. The van der Waals surface area contributed by atoms with Crippen LogP contribution >= 0.6 is 0 Å². The molecular weight excluding hydrogens is 282 g/mol. The fraction of sp³-hybridized carbons (Fsp3) is 0.350. The molecule has 1 heterocycles. The normalized spacial score (nSPS) is 11.3. The molecule has 0 spiro atoms. The lowest BCUT2D eigenvalue weighted by Gasteiger charge is -2.12. The fourth-order valence-electron chi connectivity index (χ4n) is 2.99. The summed E-state index contributed by atoms with van der Waals surface area (Å²) < 4.78 is 2.38. The summed E-state index contributed by atoms with van der Waals surface area (Å²) >= 11 is 0. The lowest BCUT2D eigenvalue weighted by Crippen LogP contribution is -2.15. The number of benzene rings is 2. The molecule has 0 atom stereocenters. The number of likely N-dealkylation sites (N-methyl/N-ethyl adjacent to an activating group) is 1. The van der Waals surface area contributed by atoms with E-state index in [-0.39, 0.29) is 0 Å². The fourth-order valence-corrected chi connectivity index (χ4v) is 2.99. The first-order valence-electron chi connectivity index (χ1n) is 8.25. The number of nitrogens with one attached hydrogen (secondary N) is 1. The van der Waals surface area contributed by atoms with Crippen molar-refractivity contribution in [3.05, 3.63) is 64.5 Å². The standard InChI is InChI=1S/C20H25N3/c1-14-7-5-6-8-17(14)13-23-19-12-16(3)15(2)11-18(19)22-20(23)9-10-21-4/h5-8,11-12,21H,9-10,13H2,1-4H3. The maximum atomic E-state index is 4.90. The number of fused-ring (bicyclic) bond motifs is 1. The predicted octanol–water partition coefficient (Wildman–Crippen LogP) is 3.77. The highest BCUT2D eigenvalue weighted by atomic mass is 15.1. The molecule has 0 aliphatic carbocycles. The number of nitrogens with zero attached hydrogens (tertiary/aromatic N) is 2. The van der Waals surface area contributed by atoms with E-state index < -0.39 is 0 Å². The molecule has 3 heteroatoms. The van der Waals surface area contributed by atoms with Gasteiger partial charge in [-0.2, -0.15) is 0 Å². The van der Waals surface area contributed by atoms with Gasteiger partial charge < -0.3 is 9.88 Å². The quantitative estimate of drug-likeness (QED) is 0.777. The third kappa shape index (κ3) is 3.15. The van der Waals surface area contributed by atoms with E-state index in [1.165, 1.54) is 27.8 Å². The molecule has 0 saturated heterocycles. The minimum atomic E-state index is 0.880. The zero-order valence-electron chi connectivity index (χ0n) is 14.5. The van der Waals surface area contributed by atoms with Crippen LogP contribution in [0.3, 0.4) is 0 Å². The summed E-state index contributed by atoms with van der Waals surface area (Å²) in [6, 6.07) is 13.1. The van der Waals surface area contributed by atoms with Crippen LogP contribution in [0.1, 0.15) is 28.1 Å². The van der Waals surface area contributed by atoms with Gasteiger partial charge in [0.15, 0.2) is 0 Å². The van der Waals surface area contributed by atoms with Crippen LogP contribution in [-0.4, -0.2) is 23.1 Å². The van der Waals surface area contributed by atoms with Crippen molar-refractivity contribution >= 4 is 11.0 Å². The summed E-state index contributed by atoms with van der Waals surface area (Å²) in [5.41, 5.74) is 7.66. The topological polar surface area (TPSA) is 29.9 Å². The van der Waals surface area contributed by atoms with Crippen molar-refractivity contribution < 1.29 is 0 Å². The molecule has 0 saturated carbocycles. The lowest BCUT2D eigenvalue weighted by molar-refractivity contribution is 0.694. The molecule has 120 valence electrons. The molecule has 0 fully saturated rings. The molecule has 0 unspecified atom stereocenters. The van der Waals surface area contributed by atoms with Crippen LogP contribution in [0.15, 0.2) is 36.4 Å². The second-order valence-electron chi connectivity index (χ2n) is 6.32.